The first-order chi connectivity index (χ1) is 12.6. The fourth-order valence-corrected chi connectivity index (χ4v) is 4.72. The number of esters is 1. The maximum absolute atomic E-state index is 12.4. The SMILES string of the molecule is CCOC(=O)c1c(NC(=O)CCc2cccc(Cl)c2)sc2c1CCCC2. The number of rotatable bonds is 6. The van der Waals surface area contributed by atoms with Crippen molar-refractivity contribution in [2.24, 2.45) is 0 Å². The average molecular weight is 392 g/mol. The Balaban J connectivity index is 1.73. The molecule has 1 N–H and O–H groups in total. The van der Waals surface area contributed by atoms with Crippen LogP contribution in [0.2, 0.25) is 5.02 Å². The van der Waals surface area contributed by atoms with Gasteiger partial charge in [0.25, 0.3) is 0 Å². The third-order valence-corrected chi connectivity index (χ3v) is 5.88. The number of amides is 1. The van der Waals surface area contributed by atoms with E-state index in [9.17, 15) is 9.59 Å². The van der Waals surface area contributed by atoms with Crippen LogP contribution in [-0.2, 0) is 28.8 Å². The third-order valence-electron chi connectivity index (χ3n) is 4.43. The van der Waals surface area contributed by atoms with Crippen LogP contribution >= 0.6 is 22.9 Å². The molecular weight excluding hydrogens is 370 g/mol. The summed E-state index contributed by atoms with van der Waals surface area (Å²) >= 11 is 7.50. The van der Waals surface area contributed by atoms with Crippen LogP contribution in [0.15, 0.2) is 24.3 Å². The van der Waals surface area contributed by atoms with Gasteiger partial charge in [-0.1, -0.05) is 23.7 Å². The highest BCUT2D eigenvalue weighted by molar-refractivity contribution is 7.17. The Morgan fingerprint density at radius 2 is 2.08 bits per heavy atom. The van der Waals surface area contributed by atoms with Gasteiger partial charge in [-0.25, -0.2) is 4.79 Å². The molecule has 0 radical (unpaired) electrons. The summed E-state index contributed by atoms with van der Waals surface area (Å²) in [5.74, 6) is -0.439. The maximum atomic E-state index is 12.4. The fourth-order valence-electron chi connectivity index (χ4n) is 3.21. The summed E-state index contributed by atoms with van der Waals surface area (Å²) in [6.07, 6.45) is 4.97. The van der Waals surface area contributed by atoms with E-state index >= 15 is 0 Å². The fraction of sp³-hybridized carbons (Fsp3) is 0.400. The lowest BCUT2D eigenvalue weighted by Gasteiger charge is -2.12. The number of anilines is 1. The van der Waals surface area contributed by atoms with Crippen molar-refractivity contribution >= 4 is 39.8 Å². The Labute approximate surface area is 162 Å². The van der Waals surface area contributed by atoms with Crippen molar-refractivity contribution in [2.45, 2.75) is 45.4 Å². The summed E-state index contributed by atoms with van der Waals surface area (Å²) in [5.41, 5.74) is 2.64. The molecular formula is C20H22ClNO3S. The third kappa shape index (κ3) is 4.46. The summed E-state index contributed by atoms with van der Waals surface area (Å²) in [5, 5.41) is 4.23. The number of carbonyl (C=O) groups excluding carboxylic acids is 2. The molecule has 1 aliphatic carbocycles. The van der Waals surface area contributed by atoms with Crippen molar-refractivity contribution < 1.29 is 14.3 Å². The van der Waals surface area contributed by atoms with Gasteiger partial charge >= 0.3 is 5.97 Å². The molecule has 138 valence electrons. The van der Waals surface area contributed by atoms with Gasteiger partial charge in [-0.3, -0.25) is 4.79 Å². The van der Waals surface area contributed by atoms with Crippen LogP contribution < -0.4 is 5.32 Å². The zero-order valence-corrected chi connectivity index (χ0v) is 16.3. The topological polar surface area (TPSA) is 55.4 Å². The van der Waals surface area contributed by atoms with Crippen molar-refractivity contribution in [3.8, 4) is 0 Å². The molecule has 2 aromatic rings. The molecule has 0 aliphatic heterocycles. The van der Waals surface area contributed by atoms with E-state index in [4.69, 9.17) is 16.3 Å². The molecule has 0 unspecified atom stereocenters. The van der Waals surface area contributed by atoms with Gasteiger partial charge in [0.15, 0.2) is 0 Å². The molecule has 0 fully saturated rings. The Bertz CT molecular complexity index is 815. The van der Waals surface area contributed by atoms with Crippen molar-refractivity contribution in [3.05, 3.63) is 50.9 Å². The Morgan fingerprint density at radius 1 is 1.27 bits per heavy atom. The molecule has 0 saturated heterocycles. The number of halogens is 1. The number of fused-ring (bicyclic) bond motifs is 1. The standard InChI is InChI=1S/C20H22ClNO3S/c1-2-25-20(24)18-15-8-3-4-9-16(15)26-19(18)22-17(23)11-10-13-6-5-7-14(21)12-13/h5-7,12H,2-4,8-11H2,1H3,(H,22,23). The van der Waals surface area contributed by atoms with Gasteiger partial charge in [-0.15, -0.1) is 11.3 Å². The number of nitrogens with one attached hydrogen (secondary N) is 1. The lowest BCUT2D eigenvalue weighted by molar-refractivity contribution is -0.116. The molecule has 1 aromatic heterocycles. The van der Waals surface area contributed by atoms with Crippen LogP contribution in [0.3, 0.4) is 0 Å². The number of benzene rings is 1. The number of ether oxygens (including phenoxy) is 1. The second kappa shape index (κ2) is 8.69. The number of hydrogen-bond donors (Lipinski definition) is 1. The van der Waals surface area contributed by atoms with Gasteiger partial charge in [0.1, 0.15) is 5.00 Å². The van der Waals surface area contributed by atoms with Crippen LogP contribution in [0.1, 0.15) is 52.5 Å². The predicted octanol–water partition coefficient (Wildman–Crippen LogP) is 5.03. The van der Waals surface area contributed by atoms with Gasteiger partial charge in [0, 0.05) is 16.3 Å². The zero-order chi connectivity index (χ0) is 18.5. The smallest absolute Gasteiger partial charge is 0.341 e. The summed E-state index contributed by atoms with van der Waals surface area (Å²) in [7, 11) is 0. The quantitative estimate of drug-likeness (QED) is 0.702. The molecule has 3 rings (SSSR count). The maximum Gasteiger partial charge on any atom is 0.341 e. The lowest BCUT2D eigenvalue weighted by Crippen LogP contribution is -2.16. The van der Waals surface area contributed by atoms with Gasteiger partial charge in [0.2, 0.25) is 5.91 Å². The van der Waals surface area contributed by atoms with Crippen LogP contribution in [-0.4, -0.2) is 18.5 Å². The van der Waals surface area contributed by atoms with E-state index in [-0.39, 0.29) is 11.9 Å². The summed E-state index contributed by atoms with van der Waals surface area (Å²) in [6, 6.07) is 7.50. The molecule has 6 heteroatoms. The minimum absolute atomic E-state index is 0.103. The number of thiophene rings is 1. The van der Waals surface area contributed by atoms with E-state index in [1.165, 1.54) is 16.2 Å². The lowest BCUT2D eigenvalue weighted by atomic mass is 9.95. The largest absolute Gasteiger partial charge is 0.462 e. The van der Waals surface area contributed by atoms with E-state index in [0.29, 0.717) is 35.0 Å². The monoisotopic (exact) mass is 391 g/mol. The highest BCUT2D eigenvalue weighted by atomic mass is 35.5. The summed E-state index contributed by atoms with van der Waals surface area (Å²) in [6.45, 7) is 2.12. The molecule has 1 aliphatic rings. The van der Waals surface area contributed by atoms with E-state index in [2.05, 4.69) is 5.32 Å². The van der Waals surface area contributed by atoms with Crippen LogP contribution in [0, 0.1) is 0 Å². The van der Waals surface area contributed by atoms with Crippen LogP contribution in [0.25, 0.3) is 0 Å². The van der Waals surface area contributed by atoms with E-state index in [1.807, 2.05) is 24.3 Å². The normalized spacial score (nSPS) is 13.2. The second-order valence-corrected chi connectivity index (χ2v) is 7.86. The highest BCUT2D eigenvalue weighted by Crippen LogP contribution is 2.38. The highest BCUT2D eigenvalue weighted by Gasteiger charge is 2.27. The predicted molar refractivity (Wildman–Crippen MR) is 105 cm³/mol. The van der Waals surface area contributed by atoms with Crippen LogP contribution in [0.4, 0.5) is 5.00 Å². The second-order valence-electron chi connectivity index (χ2n) is 6.31. The Hall–Kier alpha value is -1.85. The minimum atomic E-state index is -0.336. The Kier molecular flexibility index (Phi) is 6.33. The molecule has 4 nitrogen and oxygen atoms in total. The first-order valence-corrected chi connectivity index (χ1v) is 10.1. The Morgan fingerprint density at radius 3 is 2.85 bits per heavy atom. The van der Waals surface area contributed by atoms with Crippen molar-refractivity contribution in [1.29, 1.82) is 0 Å². The summed E-state index contributed by atoms with van der Waals surface area (Å²) in [4.78, 5) is 26.0. The van der Waals surface area contributed by atoms with E-state index in [1.54, 1.807) is 6.92 Å². The van der Waals surface area contributed by atoms with Gasteiger partial charge in [0.05, 0.1) is 12.2 Å². The summed E-state index contributed by atoms with van der Waals surface area (Å²) < 4.78 is 5.22. The molecule has 0 bridgehead atoms. The zero-order valence-electron chi connectivity index (χ0n) is 14.8. The minimum Gasteiger partial charge on any atom is -0.462 e. The first kappa shape index (κ1) is 18.9. The molecule has 1 heterocycles. The molecule has 0 spiro atoms. The van der Waals surface area contributed by atoms with Crippen molar-refractivity contribution in [2.75, 3.05) is 11.9 Å². The number of hydrogen-bond acceptors (Lipinski definition) is 4. The molecule has 1 amide bonds. The van der Waals surface area contributed by atoms with Gasteiger partial charge < -0.3 is 10.1 Å². The number of carbonyl (C=O) groups is 2. The van der Waals surface area contributed by atoms with E-state index in [0.717, 1.165) is 36.8 Å². The van der Waals surface area contributed by atoms with Crippen molar-refractivity contribution in [3.63, 3.8) is 0 Å². The molecule has 26 heavy (non-hydrogen) atoms. The van der Waals surface area contributed by atoms with Crippen LogP contribution in [0.5, 0.6) is 0 Å². The molecule has 0 saturated carbocycles. The average Bonchev–Trinajstić information content (AvgIpc) is 2.98. The van der Waals surface area contributed by atoms with E-state index < -0.39 is 0 Å². The van der Waals surface area contributed by atoms with Crippen molar-refractivity contribution in [1.82, 2.24) is 0 Å². The van der Waals surface area contributed by atoms with Gasteiger partial charge in [-0.2, -0.15) is 0 Å². The number of aryl methyl sites for hydroxylation is 2. The molecule has 0 atom stereocenters. The first-order valence-electron chi connectivity index (χ1n) is 8.94. The van der Waals surface area contributed by atoms with Gasteiger partial charge in [-0.05, 0) is 62.3 Å². The molecule has 1 aromatic carbocycles.